The minimum atomic E-state index is -0.615. The number of benzene rings is 1. The number of carbonyl (C=O) groups is 2. The average molecular weight is 343 g/mol. The summed E-state index contributed by atoms with van der Waals surface area (Å²) in [5.74, 6) is -0.634. The zero-order valence-corrected chi connectivity index (χ0v) is 14.4. The number of nitrogens with zero attached hydrogens (tertiary/aromatic N) is 2. The van der Waals surface area contributed by atoms with Crippen LogP contribution in [0, 0.1) is 13.8 Å². The van der Waals surface area contributed by atoms with E-state index in [9.17, 15) is 9.59 Å². The van der Waals surface area contributed by atoms with Crippen molar-refractivity contribution < 1.29 is 18.8 Å². The first-order valence-electron chi connectivity index (χ1n) is 8.29. The zero-order valence-electron chi connectivity index (χ0n) is 14.4. The molecule has 0 radical (unpaired) electrons. The summed E-state index contributed by atoms with van der Waals surface area (Å²) in [5.41, 5.74) is 2.53. The van der Waals surface area contributed by atoms with Crippen LogP contribution in [0.1, 0.15) is 34.7 Å². The molecule has 1 aliphatic rings. The number of nitrogens with one attached hydrogen (secondary N) is 1. The van der Waals surface area contributed by atoms with E-state index in [-0.39, 0.29) is 12.2 Å². The van der Waals surface area contributed by atoms with Crippen molar-refractivity contribution in [1.29, 1.82) is 0 Å². The van der Waals surface area contributed by atoms with E-state index in [4.69, 9.17) is 9.26 Å². The molecule has 1 fully saturated rings. The van der Waals surface area contributed by atoms with Crippen LogP contribution in [0.3, 0.4) is 0 Å². The number of anilines is 2. The predicted molar refractivity (Wildman–Crippen MR) is 92.8 cm³/mol. The molecule has 1 aromatic carbocycles. The Morgan fingerprint density at radius 2 is 1.88 bits per heavy atom. The normalized spacial score (nSPS) is 13.8. The summed E-state index contributed by atoms with van der Waals surface area (Å²) in [4.78, 5) is 26.3. The van der Waals surface area contributed by atoms with E-state index < -0.39 is 11.9 Å². The lowest BCUT2D eigenvalue weighted by molar-refractivity contribution is -0.119. The fraction of sp³-hybridized carbons (Fsp3) is 0.389. The van der Waals surface area contributed by atoms with Crippen molar-refractivity contribution in [1.82, 2.24) is 5.16 Å². The summed E-state index contributed by atoms with van der Waals surface area (Å²) in [6.45, 7) is 5.05. The Labute approximate surface area is 145 Å². The third kappa shape index (κ3) is 3.99. The average Bonchev–Trinajstić information content (AvgIpc) is 3.24. The van der Waals surface area contributed by atoms with Gasteiger partial charge in [0.25, 0.3) is 5.91 Å². The fourth-order valence-corrected chi connectivity index (χ4v) is 2.91. The second kappa shape index (κ2) is 7.38. The number of aromatic nitrogens is 1. The van der Waals surface area contributed by atoms with Crippen molar-refractivity contribution >= 4 is 23.3 Å². The van der Waals surface area contributed by atoms with Crippen LogP contribution in [0.25, 0.3) is 0 Å². The minimum Gasteiger partial charge on any atom is -0.452 e. The lowest BCUT2D eigenvalue weighted by Crippen LogP contribution is -2.21. The number of carbonyl (C=O) groups excluding carboxylic acids is 2. The Hall–Kier alpha value is -2.83. The number of ether oxygens (including phenoxy) is 1. The lowest BCUT2D eigenvalue weighted by atomic mass is 10.2. The fourth-order valence-electron chi connectivity index (χ4n) is 2.91. The summed E-state index contributed by atoms with van der Waals surface area (Å²) in [6.07, 6.45) is 2.43. The molecule has 2 heterocycles. The molecule has 0 atom stereocenters. The number of amides is 1. The van der Waals surface area contributed by atoms with Gasteiger partial charge < -0.3 is 19.5 Å². The van der Waals surface area contributed by atoms with Gasteiger partial charge in [0.05, 0.1) is 5.69 Å². The first-order chi connectivity index (χ1) is 12.0. The van der Waals surface area contributed by atoms with Crippen LogP contribution in [0.15, 0.2) is 28.8 Å². The van der Waals surface area contributed by atoms with Gasteiger partial charge in [-0.3, -0.25) is 4.79 Å². The van der Waals surface area contributed by atoms with Gasteiger partial charge in [0, 0.05) is 24.5 Å². The largest absolute Gasteiger partial charge is 0.452 e. The standard InChI is InChI=1S/C18H21N3O4/c1-12-17(13(2)25-20-12)18(23)24-11-16(22)19-14-5-7-15(8-6-14)21-9-3-4-10-21/h5-8H,3-4,9-11H2,1-2H3,(H,19,22). The number of esters is 1. The highest BCUT2D eigenvalue weighted by atomic mass is 16.5. The van der Waals surface area contributed by atoms with Crippen LogP contribution >= 0.6 is 0 Å². The van der Waals surface area contributed by atoms with Gasteiger partial charge in [-0.2, -0.15) is 0 Å². The van der Waals surface area contributed by atoms with E-state index in [0.29, 0.717) is 17.1 Å². The second-order valence-electron chi connectivity index (χ2n) is 6.06. The third-order valence-electron chi connectivity index (χ3n) is 4.19. The molecule has 1 aliphatic heterocycles. The van der Waals surface area contributed by atoms with Gasteiger partial charge in [0.1, 0.15) is 11.3 Å². The molecule has 0 spiro atoms. The van der Waals surface area contributed by atoms with Crippen molar-refractivity contribution in [2.45, 2.75) is 26.7 Å². The monoisotopic (exact) mass is 343 g/mol. The quantitative estimate of drug-likeness (QED) is 0.840. The molecule has 2 aromatic rings. The van der Waals surface area contributed by atoms with Gasteiger partial charge >= 0.3 is 5.97 Å². The number of aryl methyl sites for hydroxylation is 2. The van der Waals surface area contributed by atoms with E-state index in [1.807, 2.05) is 24.3 Å². The van der Waals surface area contributed by atoms with Crippen LogP contribution in [0.5, 0.6) is 0 Å². The van der Waals surface area contributed by atoms with Crippen molar-refractivity contribution in [2.75, 3.05) is 29.9 Å². The van der Waals surface area contributed by atoms with Crippen LogP contribution in [0.4, 0.5) is 11.4 Å². The van der Waals surface area contributed by atoms with Gasteiger partial charge in [0.15, 0.2) is 6.61 Å². The molecule has 0 bridgehead atoms. The van der Waals surface area contributed by atoms with Crippen molar-refractivity contribution in [3.8, 4) is 0 Å². The van der Waals surface area contributed by atoms with E-state index in [1.54, 1.807) is 13.8 Å². The Morgan fingerprint density at radius 3 is 2.48 bits per heavy atom. The molecule has 0 saturated carbocycles. The van der Waals surface area contributed by atoms with Crippen LogP contribution < -0.4 is 10.2 Å². The van der Waals surface area contributed by atoms with E-state index in [0.717, 1.165) is 18.8 Å². The summed E-state index contributed by atoms with van der Waals surface area (Å²) >= 11 is 0. The highest BCUT2D eigenvalue weighted by Crippen LogP contribution is 2.22. The summed E-state index contributed by atoms with van der Waals surface area (Å²) in [5, 5.41) is 6.41. The molecule has 25 heavy (non-hydrogen) atoms. The van der Waals surface area contributed by atoms with E-state index >= 15 is 0 Å². The lowest BCUT2D eigenvalue weighted by Gasteiger charge is -2.17. The SMILES string of the molecule is Cc1noc(C)c1C(=O)OCC(=O)Nc1ccc(N2CCCC2)cc1. The number of hydrogen-bond acceptors (Lipinski definition) is 6. The van der Waals surface area contributed by atoms with Gasteiger partial charge in [-0.15, -0.1) is 0 Å². The van der Waals surface area contributed by atoms with Gasteiger partial charge in [-0.25, -0.2) is 4.79 Å². The van der Waals surface area contributed by atoms with Crippen molar-refractivity contribution in [3.63, 3.8) is 0 Å². The summed E-state index contributed by atoms with van der Waals surface area (Å²) < 4.78 is 9.94. The maximum atomic E-state index is 12.0. The molecule has 3 rings (SSSR count). The van der Waals surface area contributed by atoms with Crippen molar-refractivity contribution in [3.05, 3.63) is 41.3 Å². The van der Waals surface area contributed by atoms with E-state index in [2.05, 4.69) is 15.4 Å². The summed E-state index contributed by atoms with van der Waals surface area (Å²) in [6, 6.07) is 7.66. The number of hydrogen-bond donors (Lipinski definition) is 1. The first-order valence-corrected chi connectivity index (χ1v) is 8.29. The first kappa shape index (κ1) is 17.0. The molecule has 1 saturated heterocycles. The molecule has 7 nitrogen and oxygen atoms in total. The highest BCUT2D eigenvalue weighted by molar-refractivity contribution is 5.96. The molecular weight excluding hydrogens is 322 g/mol. The highest BCUT2D eigenvalue weighted by Gasteiger charge is 2.20. The van der Waals surface area contributed by atoms with Crippen LogP contribution in [-0.2, 0) is 9.53 Å². The smallest absolute Gasteiger partial charge is 0.344 e. The molecule has 0 unspecified atom stereocenters. The molecule has 132 valence electrons. The molecule has 7 heteroatoms. The second-order valence-corrected chi connectivity index (χ2v) is 6.06. The summed E-state index contributed by atoms with van der Waals surface area (Å²) in [7, 11) is 0. The molecule has 0 aliphatic carbocycles. The molecular formula is C18H21N3O4. The van der Waals surface area contributed by atoms with Crippen molar-refractivity contribution in [2.24, 2.45) is 0 Å². The third-order valence-corrected chi connectivity index (χ3v) is 4.19. The van der Waals surface area contributed by atoms with Gasteiger partial charge in [0.2, 0.25) is 0 Å². The van der Waals surface area contributed by atoms with Gasteiger partial charge in [-0.1, -0.05) is 5.16 Å². The predicted octanol–water partition coefficient (Wildman–Crippen LogP) is 2.69. The molecule has 1 N–H and O–H groups in total. The van der Waals surface area contributed by atoms with Gasteiger partial charge in [-0.05, 0) is 51.0 Å². The molecule has 1 amide bonds. The maximum absolute atomic E-state index is 12.0. The number of rotatable bonds is 5. The van der Waals surface area contributed by atoms with E-state index in [1.165, 1.54) is 12.8 Å². The maximum Gasteiger partial charge on any atom is 0.344 e. The Morgan fingerprint density at radius 1 is 1.20 bits per heavy atom. The minimum absolute atomic E-state index is 0.266. The topological polar surface area (TPSA) is 84.7 Å². The van der Waals surface area contributed by atoms with Crippen LogP contribution in [-0.4, -0.2) is 36.7 Å². The Kier molecular flexibility index (Phi) is 5.02. The Balaban J connectivity index is 1.51. The molecule has 1 aromatic heterocycles. The zero-order chi connectivity index (χ0) is 17.8. The van der Waals surface area contributed by atoms with Crippen LogP contribution in [0.2, 0.25) is 0 Å². The Bertz CT molecular complexity index is 742.